The van der Waals surface area contributed by atoms with Crippen molar-refractivity contribution >= 4 is 0 Å². The average molecular weight is 241 g/mol. The van der Waals surface area contributed by atoms with Crippen molar-refractivity contribution in [1.82, 2.24) is 9.97 Å². The Bertz CT molecular complexity index is 477. The van der Waals surface area contributed by atoms with Crippen LogP contribution in [0.4, 0.5) is 0 Å². The Morgan fingerprint density at radius 2 is 1.56 bits per heavy atom. The second-order valence-corrected chi connectivity index (χ2v) is 4.72. The second kappa shape index (κ2) is 5.74. The Morgan fingerprint density at radius 1 is 1.00 bits per heavy atom. The third-order valence-corrected chi connectivity index (χ3v) is 3.14. The summed E-state index contributed by atoms with van der Waals surface area (Å²) in [6.45, 7) is 4.90. The van der Waals surface area contributed by atoms with Crippen molar-refractivity contribution in [3.63, 3.8) is 0 Å². The number of rotatable bonds is 4. The highest BCUT2D eigenvalue weighted by Crippen LogP contribution is 2.22. The van der Waals surface area contributed by atoms with Crippen LogP contribution in [0.3, 0.4) is 0 Å². The third-order valence-electron chi connectivity index (χ3n) is 3.14. The van der Waals surface area contributed by atoms with Crippen molar-refractivity contribution < 1.29 is 0 Å². The van der Waals surface area contributed by atoms with Crippen LogP contribution >= 0.6 is 0 Å². The van der Waals surface area contributed by atoms with Gasteiger partial charge in [0.15, 0.2) is 0 Å². The topological polar surface area (TPSA) is 51.8 Å². The monoisotopic (exact) mass is 241 g/mol. The molecule has 1 atom stereocenters. The van der Waals surface area contributed by atoms with Gasteiger partial charge in [-0.15, -0.1) is 0 Å². The van der Waals surface area contributed by atoms with Gasteiger partial charge in [-0.2, -0.15) is 0 Å². The SMILES string of the molecule is CC(C)c1ccc(C(CN)c2ncccn2)cc1. The zero-order valence-corrected chi connectivity index (χ0v) is 10.9. The van der Waals surface area contributed by atoms with E-state index in [2.05, 4.69) is 48.1 Å². The Morgan fingerprint density at radius 3 is 2.06 bits per heavy atom. The van der Waals surface area contributed by atoms with Gasteiger partial charge in [0.05, 0.1) is 5.92 Å². The Labute approximate surface area is 108 Å². The predicted octanol–water partition coefficient (Wildman–Crippen LogP) is 2.69. The summed E-state index contributed by atoms with van der Waals surface area (Å²) in [5, 5.41) is 0. The lowest BCUT2D eigenvalue weighted by atomic mass is 9.94. The first kappa shape index (κ1) is 12.7. The van der Waals surface area contributed by atoms with Crippen LogP contribution in [0.5, 0.6) is 0 Å². The summed E-state index contributed by atoms with van der Waals surface area (Å²) < 4.78 is 0. The molecule has 0 fully saturated rings. The lowest BCUT2D eigenvalue weighted by molar-refractivity contribution is 0.748. The van der Waals surface area contributed by atoms with E-state index in [0.29, 0.717) is 12.5 Å². The van der Waals surface area contributed by atoms with E-state index >= 15 is 0 Å². The maximum absolute atomic E-state index is 5.85. The fourth-order valence-electron chi connectivity index (χ4n) is 1.99. The van der Waals surface area contributed by atoms with E-state index in [-0.39, 0.29) is 5.92 Å². The van der Waals surface area contributed by atoms with Gasteiger partial charge in [-0.05, 0) is 23.1 Å². The van der Waals surface area contributed by atoms with Crippen LogP contribution in [-0.4, -0.2) is 16.5 Å². The van der Waals surface area contributed by atoms with Crippen LogP contribution in [0.1, 0.15) is 42.6 Å². The van der Waals surface area contributed by atoms with Gasteiger partial charge in [0.2, 0.25) is 0 Å². The van der Waals surface area contributed by atoms with E-state index in [1.54, 1.807) is 12.4 Å². The van der Waals surface area contributed by atoms with E-state index in [0.717, 1.165) is 5.82 Å². The highest BCUT2D eigenvalue weighted by molar-refractivity contribution is 5.30. The van der Waals surface area contributed by atoms with E-state index in [1.165, 1.54) is 11.1 Å². The molecule has 2 N–H and O–H groups in total. The summed E-state index contributed by atoms with van der Waals surface area (Å²) in [4.78, 5) is 8.59. The molecule has 0 aliphatic heterocycles. The lowest BCUT2D eigenvalue weighted by Gasteiger charge is -2.14. The number of nitrogens with two attached hydrogens (primary N) is 1. The van der Waals surface area contributed by atoms with Crippen LogP contribution in [0.25, 0.3) is 0 Å². The summed E-state index contributed by atoms with van der Waals surface area (Å²) in [5.74, 6) is 1.41. The molecule has 94 valence electrons. The molecule has 1 heterocycles. The highest BCUT2D eigenvalue weighted by Gasteiger charge is 2.14. The van der Waals surface area contributed by atoms with Crippen molar-refractivity contribution in [3.05, 3.63) is 59.7 Å². The van der Waals surface area contributed by atoms with E-state index < -0.39 is 0 Å². The number of hydrogen-bond acceptors (Lipinski definition) is 3. The van der Waals surface area contributed by atoms with Gasteiger partial charge in [0, 0.05) is 18.9 Å². The minimum absolute atomic E-state index is 0.0763. The fourth-order valence-corrected chi connectivity index (χ4v) is 1.99. The molecule has 0 radical (unpaired) electrons. The summed E-state index contributed by atoms with van der Waals surface area (Å²) in [7, 11) is 0. The van der Waals surface area contributed by atoms with Gasteiger partial charge in [0.1, 0.15) is 5.82 Å². The van der Waals surface area contributed by atoms with Crippen molar-refractivity contribution in [1.29, 1.82) is 0 Å². The molecular weight excluding hydrogens is 222 g/mol. The lowest BCUT2D eigenvalue weighted by Crippen LogP contribution is -2.16. The Hall–Kier alpha value is -1.74. The molecule has 0 amide bonds. The van der Waals surface area contributed by atoms with Gasteiger partial charge in [-0.25, -0.2) is 9.97 Å². The first-order valence-electron chi connectivity index (χ1n) is 6.29. The zero-order valence-electron chi connectivity index (χ0n) is 10.9. The maximum Gasteiger partial charge on any atom is 0.136 e. The zero-order chi connectivity index (χ0) is 13.0. The molecule has 0 aliphatic rings. The molecule has 0 bridgehead atoms. The van der Waals surface area contributed by atoms with Crippen LogP contribution in [-0.2, 0) is 0 Å². The van der Waals surface area contributed by atoms with Crippen LogP contribution in [0.15, 0.2) is 42.7 Å². The van der Waals surface area contributed by atoms with Gasteiger partial charge >= 0.3 is 0 Å². The molecule has 2 rings (SSSR count). The average Bonchev–Trinajstić information content (AvgIpc) is 2.41. The van der Waals surface area contributed by atoms with Gasteiger partial charge in [-0.1, -0.05) is 38.1 Å². The van der Waals surface area contributed by atoms with Crippen molar-refractivity contribution in [2.45, 2.75) is 25.7 Å². The van der Waals surface area contributed by atoms with Gasteiger partial charge in [-0.3, -0.25) is 0 Å². The standard InChI is InChI=1S/C15H19N3/c1-11(2)12-4-6-13(7-5-12)14(10-16)15-17-8-3-9-18-15/h3-9,11,14H,10,16H2,1-2H3. The molecule has 0 saturated carbocycles. The summed E-state index contributed by atoms with van der Waals surface area (Å²) in [6.07, 6.45) is 3.51. The van der Waals surface area contributed by atoms with E-state index in [1.807, 2.05) is 6.07 Å². The quantitative estimate of drug-likeness (QED) is 0.895. The fraction of sp³-hybridized carbons (Fsp3) is 0.333. The van der Waals surface area contributed by atoms with Crippen molar-refractivity contribution in [2.75, 3.05) is 6.54 Å². The highest BCUT2D eigenvalue weighted by atomic mass is 14.9. The van der Waals surface area contributed by atoms with Gasteiger partial charge in [0.25, 0.3) is 0 Å². The largest absolute Gasteiger partial charge is 0.329 e. The van der Waals surface area contributed by atoms with Crippen molar-refractivity contribution in [2.24, 2.45) is 5.73 Å². The summed E-state index contributed by atoms with van der Waals surface area (Å²) >= 11 is 0. The van der Waals surface area contributed by atoms with Crippen LogP contribution < -0.4 is 5.73 Å². The molecule has 0 aliphatic carbocycles. The molecule has 3 heteroatoms. The molecule has 1 aromatic carbocycles. The van der Waals surface area contributed by atoms with Crippen molar-refractivity contribution in [3.8, 4) is 0 Å². The minimum atomic E-state index is 0.0763. The number of benzene rings is 1. The molecule has 2 aromatic rings. The predicted molar refractivity (Wildman–Crippen MR) is 73.5 cm³/mol. The first-order chi connectivity index (χ1) is 8.72. The molecule has 3 nitrogen and oxygen atoms in total. The number of hydrogen-bond donors (Lipinski definition) is 1. The third kappa shape index (κ3) is 2.74. The molecule has 1 unspecified atom stereocenters. The second-order valence-electron chi connectivity index (χ2n) is 4.72. The molecule has 0 spiro atoms. The summed E-state index contributed by atoms with van der Waals surface area (Å²) in [5.41, 5.74) is 8.37. The van der Waals surface area contributed by atoms with E-state index in [4.69, 9.17) is 5.73 Å². The first-order valence-corrected chi connectivity index (χ1v) is 6.29. The number of aromatic nitrogens is 2. The molecular formula is C15H19N3. The smallest absolute Gasteiger partial charge is 0.136 e. The number of nitrogens with zero attached hydrogens (tertiary/aromatic N) is 2. The van der Waals surface area contributed by atoms with Crippen LogP contribution in [0.2, 0.25) is 0 Å². The maximum atomic E-state index is 5.85. The van der Waals surface area contributed by atoms with E-state index in [9.17, 15) is 0 Å². The Balaban J connectivity index is 2.28. The normalized spacial score (nSPS) is 12.7. The summed E-state index contributed by atoms with van der Waals surface area (Å²) in [6, 6.07) is 10.4. The minimum Gasteiger partial charge on any atom is -0.329 e. The van der Waals surface area contributed by atoms with Gasteiger partial charge < -0.3 is 5.73 Å². The molecule has 18 heavy (non-hydrogen) atoms. The van der Waals surface area contributed by atoms with Crippen LogP contribution in [0, 0.1) is 0 Å². The Kier molecular flexibility index (Phi) is 4.05. The molecule has 1 aromatic heterocycles. The molecule has 0 saturated heterocycles.